The van der Waals surface area contributed by atoms with Crippen molar-refractivity contribution in [1.82, 2.24) is 10.2 Å². The first-order valence-corrected chi connectivity index (χ1v) is 11.0. The van der Waals surface area contributed by atoms with Gasteiger partial charge in [0.2, 0.25) is 5.89 Å². The van der Waals surface area contributed by atoms with Crippen LogP contribution in [0.1, 0.15) is 55.4 Å². The maximum Gasteiger partial charge on any atom is 0.277 e. The number of unbranched alkanes of at least 4 members (excludes halogenated alkanes) is 3. The van der Waals surface area contributed by atoms with Crippen molar-refractivity contribution in [3.05, 3.63) is 64.4 Å². The minimum atomic E-state index is -0.388. The highest BCUT2D eigenvalue weighted by molar-refractivity contribution is 7.99. The first kappa shape index (κ1) is 21.8. The van der Waals surface area contributed by atoms with E-state index in [0.29, 0.717) is 16.7 Å². The number of benzene rings is 2. The molecular weight excluding hydrogens is 411 g/mol. The van der Waals surface area contributed by atoms with E-state index < -0.39 is 0 Å². The third-order valence-electron chi connectivity index (χ3n) is 4.68. The van der Waals surface area contributed by atoms with Gasteiger partial charge in [-0.15, -0.1) is 10.2 Å². The molecule has 3 aromatic rings. The third kappa shape index (κ3) is 5.81. The molecule has 1 aromatic heterocycles. The molecule has 1 atom stereocenters. The van der Waals surface area contributed by atoms with Gasteiger partial charge in [-0.2, -0.15) is 0 Å². The molecule has 154 valence electrons. The molecule has 1 N–H and O–H groups in total. The molecule has 0 saturated heterocycles. The van der Waals surface area contributed by atoms with Crippen LogP contribution in [-0.2, 0) is 6.61 Å². The van der Waals surface area contributed by atoms with Crippen LogP contribution in [0.4, 0.5) is 4.39 Å². The van der Waals surface area contributed by atoms with E-state index >= 15 is 0 Å². The Morgan fingerprint density at radius 1 is 1.10 bits per heavy atom. The van der Waals surface area contributed by atoms with Gasteiger partial charge in [0.25, 0.3) is 5.22 Å². The van der Waals surface area contributed by atoms with Gasteiger partial charge in [0, 0.05) is 16.4 Å². The summed E-state index contributed by atoms with van der Waals surface area (Å²) < 4.78 is 20.5. The first-order chi connectivity index (χ1) is 14.1. The fourth-order valence-corrected chi connectivity index (χ4v) is 4.29. The van der Waals surface area contributed by atoms with Crippen molar-refractivity contribution in [1.29, 1.82) is 0 Å². The maximum absolute atomic E-state index is 14.6. The molecule has 29 heavy (non-hydrogen) atoms. The van der Waals surface area contributed by atoms with E-state index in [-0.39, 0.29) is 22.7 Å². The third-order valence-corrected chi connectivity index (χ3v) is 6.11. The molecule has 0 aliphatic rings. The summed E-state index contributed by atoms with van der Waals surface area (Å²) in [6, 6.07) is 12.4. The molecule has 0 bridgehead atoms. The molecule has 1 unspecified atom stereocenters. The Morgan fingerprint density at radius 2 is 1.90 bits per heavy atom. The van der Waals surface area contributed by atoms with E-state index in [4.69, 9.17) is 21.1 Å². The highest BCUT2D eigenvalue weighted by Gasteiger charge is 2.22. The standard InChI is InChI=1S/C22H24ClFN2O2S/c1-2-3-4-5-9-19(17-7-6-8-18(23)20(17)24)29-22-26-25-21(28-22)16-12-10-15(14-27)11-13-16/h6-8,10-13,19,27H,2-5,9,14H2,1H3. The Morgan fingerprint density at radius 3 is 2.62 bits per heavy atom. The van der Waals surface area contributed by atoms with E-state index in [1.807, 2.05) is 24.3 Å². The van der Waals surface area contributed by atoms with Gasteiger partial charge in [0.1, 0.15) is 5.82 Å². The lowest BCUT2D eigenvalue weighted by Crippen LogP contribution is -1.99. The van der Waals surface area contributed by atoms with Crippen molar-refractivity contribution in [2.24, 2.45) is 0 Å². The summed E-state index contributed by atoms with van der Waals surface area (Å²) in [6.07, 6.45) is 5.18. The smallest absolute Gasteiger partial charge is 0.277 e. The van der Waals surface area contributed by atoms with E-state index in [1.165, 1.54) is 11.8 Å². The Hall–Kier alpha value is -1.89. The molecule has 3 rings (SSSR count). The summed E-state index contributed by atoms with van der Waals surface area (Å²) in [4.78, 5) is 0. The molecule has 4 nitrogen and oxygen atoms in total. The van der Waals surface area contributed by atoms with Crippen LogP contribution in [0.3, 0.4) is 0 Å². The molecule has 0 radical (unpaired) electrons. The van der Waals surface area contributed by atoms with E-state index in [9.17, 15) is 4.39 Å². The second-order valence-corrected chi connectivity index (χ2v) is 8.39. The number of rotatable bonds is 10. The van der Waals surface area contributed by atoms with Crippen LogP contribution in [0.5, 0.6) is 0 Å². The molecule has 0 aliphatic heterocycles. The molecule has 0 amide bonds. The Balaban J connectivity index is 1.78. The van der Waals surface area contributed by atoms with Crippen molar-refractivity contribution >= 4 is 23.4 Å². The average molecular weight is 435 g/mol. The predicted octanol–water partition coefficient (Wildman–Crippen LogP) is 6.83. The summed E-state index contributed by atoms with van der Waals surface area (Å²) >= 11 is 7.37. The summed E-state index contributed by atoms with van der Waals surface area (Å²) in [5.41, 5.74) is 2.15. The van der Waals surface area contributed by atoms with E-state index in [2.05, 4.69) is 17.1 Å². The van der Waals surface area contributed by atoms with Gasteiger partial charge in [0.15, 0.2) is 0 Å². The fraction of sp³-hybridized carbons (Fsp3) is 0.364. The zero-order valence-electron chi connectivity index (χ0n) is 16.3. The fourth-order valence-electron chi connectivity index (χ4n) is 3.05. The Labute approximate surface area is 179 Å². The Bertz CT molecular complexity index is 917. The van der Waals surface area contributed by atoms with Crippen molar-refractivity contribution < 1.29 is 13.9 Å². The highest BCUT2D eigenvalue weighted by Crippen LogP contribution is 2.41. The number of thioether (sulfide) groups is 1. The number of aliphatic hydroxyl groups is 1. The molecule has 0 fully saturated rings. The predicted molar refractivity (Wildman–Crippen MR) is 114 cm³/mol. The van der Waals surface area contributed by atoms with Gasteiger partial charge >= 0.3 is 0 Å². The number of nitrogens with zero attached hydrogens (tertiary/aromatic N) is 2. The van der Waals surface area contributed by atoms with Crippen molar-refractivity contribution in [2.45, 2.75) is 56.1 Å². The molecule has 1 heterocycles. The molecule has 0 saturated carbocycles. The van der Waals surface area contributed by atoms with Crippen LogP contribution >= 0.6 is 23.4 Å². The second-order valence-electron chi connectivity index (χ2n) is 6.83. The average Bonchev–Trinajstić information content (AvgIpc) is 3.21. The SMILES string of the molecule is CCCCCCC(Sc1nnc(-c2ccc(CO)cc2)o1)c1cccc(Cl)c1F. The van der Waals surface area contributed by atoms with Gasteiger partial charge < -0.3 is 9.52 Å². The van der Waals surface area contributed by atoms with Crippen LogP contribution < -0.4 is 0 Å². The largest absolute Gasteiger partial charge is 0.411 e. The summed E-state index contributed by atoms with van der Waals surface area (Å²) in [6.45, 7) is 2.14. The van der Waals surface area contributed by atoms with Crippen LogP contribution in [-0.4, -0.2) is 15.3 Å². The number of hydrogen-bond acceptors (Lipinski definition) is 5. The normalized spacial score (nSPS) is 12.3. The molecule has 0 spiro atoms. The van der Waals surface area contributed by atoms with Gasteiger partial charge in [-0.1, -0.05) is 80.2 Å². The number of aliphatic hydroxyl groups excluding tert-OH is 1. The summed E-state index contributed by atoms with van der Waals surface area (Å²) in [7, 11) is 0. The van der Waals surface area contributed by atoms with Gasteiger partial charge in [-0.3, -0.25) is 0 Å². The Kier molecular flexibility index (Phi) is 8.09. The molecule has 0 aliphatic carbocycles. The molecule has 7 heteroatoms. The number of hydrogen-bond donors (Lipinski definition) is 1. The topological polar surface area (TPSA) is 59.2 Å². The van der Waals surface area contributed by atoms with Crippen LogP contribution in [0.2, 0.25) is 5.02 Å². The molecular formula is C22H24ClFN2O2S. The monoisotopic (exact) mass is 434 g/mol. The minimum absolute atomic E-state index is 0.0177. The minimum Gasteiger partial charge on any atom is -0.411 e. The second kappa shape index (κ2) is 10.8. The number of halogens is 2. The van der Waals surface area contributed by atoms with Gasteiger partial charge in [-0.25, -0.2) is 4.39 Å². The van der Waals surface area contributed by atoms with Crippen LogP contribution in [0.15, 0.2) is 52.1 Å². The zero-order valence-corrected chi connectivity index (χ0v) is 17.8. The lowest BCUT2D eigenvalue weighted by Gasteiger charge is -2.16. The summed E-state index contributed by atoms with van der Waals surface area (Å²) in [5, 5.41) is 17.8. The first-order valence-electron chi connectivity index (χ1n) is 9.76. The zero-order chi connectivity index (χ0) is 20.6. The lowest BCUT2D eigenvalue weighted by atomic mass is 10.0. The summed E-state index contributed by atoms with van der Waals surface area (Å²) in [5.74, 6) is 0.00905. The van der Waals surface area contributed by atoms with Crippen molar-refractivity contribution in [3.8, 4) is 11.5 Å². The van der Waals surface area contributed by atoms with Crippen molar-refractivity contribution in [3.63, 3.8) is 0 Å². The lowest BCUT2D eigenvalue weighted by molar-refractivity contribution is 0.282. The van der Waals surface area contributed by atoms with Crippen LogP contribution in [0, 0.1) is 5.82 Å². The number of aromatic nitrogens is 2. The van der Waals surface area contributed by atoms with E-state index in [1.54, 1.807) is 18.2 Å². The van der Waals surface area contributed by atoms with Gasteiger partial charge in [0.05, 0.1) is 11.6 Å². The highest BCUT2D eigenvalue weighted by atomic mass is 35.5. The maximum atomic E-state index is 14.6. The molecule has 2 aromatic carbocycles. The quantitative estimate of drug-likeness (QED) is 0.280. The van der Waals surface area contributed by atoms with Crippen LogP contribution in [0.25, 0.3) is 11.5 Å². The van der Waals surface area contributed by atoms with Crippen molar-refractivity contribution in [2.75, 3.05) is 0 Å². The van der Waals surface area contributed by atoms with Gasteiger partial charge in [-0.05, 0) is 30.2 Å². The van der Waals surface area contributed by atoms with E-state index in [0.717, 1.165) is 43.2 Å².